The first-order valence-corrected chi connectivity index (χ1v) is 17.0. The monoisotopic (exact) mass is 637 g/mol. The van der Waals surface area contributed by atoms with Gasteiger partial charge in [0.1, 0.15) is 0 Å². The van der Waals surface area contributed by atoms with Crippen LogP contribution in [-0.4, -0.2) is 14.1 Å². The van der Waals surface area contributed by atoms with Gasteiger partial charge in [-0.05, 0) is 94.0 Å². The van der Waals surface area contributed by atoms with E-state index >= 15 is 0 Å². The smallest absolute Gasteiger partial charge is 0.0963 e. The third-order valence-corrected chi connectivity index (χ3v) is 9.97. The number of rotatable bonds is 5. The van der Waals surface area contributed by atoms with Crippen molar-refractivity contribution in [1.29, 1.82) is 0 Å². The first-order chi connectivity index (χ1) is 24.8. The summed E-state index contributed by atoms with van der Waals surface area (Å²) in [5, 5.41) is 3.63. The average molecular weight is 638 g/mol. The molecule has 0 unspecified atom stereocenters. The number of aromatic nitrogens is 3. The maximum atomic E-state index is 4.90. The van der Waals surface area contributed by atoms with Crippen LogP contribution in [0.3, 0.4) is 0 Å². The predicted molar refractivity (Wildman–Crippen MR) is 209 cm³/mol. The van der Waals surface area contributed by atoms with Gasteiger partial charge in [0, 0.05) is 33.7 Å². The van der Waals surface area contributed by atoms with E-state index in [0.717, 1.165) is 33.3 Å². The van der Waals surface area contributed by atoms with E-state index in [2.05, 4.69) is 185 Å². The second-order valence-corrected chi connectivity index (χ2v) is 12.9. The number of nitrogens with zero attached hydrogens (tertiary/aromatic N) is 3. The first kappa shape index (κ1) is 28.3. The minimum atomic E-state index is 1.00. The topological polar surface area (TPSA) is 22.8 Å². The third kappa shape index (κ3) is 4.56. The Kier molecular flexibility index (Phi) is 6.49. The lowest BCUT2D eigenvalue weighted by Crippen LogP contribution is -1.95. The summed E-state index contributed by atoms with van der Waals surface area (Å²) in [7, 11) is 0. The highest BCUT2D eigenvalue weighted by molar-refractivity contribution is 6.11. The van der Waals surface area contributed by atoms with Crippen molar-refractivity contribution >= 4 is 43.7 Å². The van der Waals surface area contributed by atoms with Crippen LogP contribution >= 0.6 is 0 Å². The molecule has 10 aromatic rings. The lowest BCUT2D eigenvalue weighted by molar-refractivity contribution is 1.18. The summed E-state index contributed by atoms with van der Waals surface area (Å²) in [6, 6.07) is 65.4. The normalized spacial score (nSPS) is 11.6. The van der Waals surface area contributed by atoms with Gasteiger partial charge in [0.2, 0.25) is 0 Å². The van der Waals surface area contributed by atoms with Crippen LogP contribution in [0.4, 0.5) is 0 Å². The zero-order valence-corrected chi connectivity index (χ0v) is 27.2. The molecule has 0 atom stereocenters. The molecule has 3 aromatic heterocycles. The quantitative estimate of drug-likeness (QED) is 0.184. The molecule has 10 rings (SSSR count). The molecule has 0 saturated heterocycles. The van der Waals surface area contributed by atoms with Gasteiger partial charge < -0.3 is 9.13 Å². The number of hydrogen-bond donors (Lipinski definition) is 0. The van der Waals surface area contributed by atoms with Gasteiger partial charge in [-0.25, -0.2) is 0 Å². The molecule has 3 heteroatoms. The van der Waals surface area contributed by atoms with Gasteiger partial charge in [0.25, 0.3) is 0 Å². The molecule has 3 nitrogen and oxygen atoms in total. The minimum Gasteiger partial charge on any atom is -0.309 e. The molecule has 0 saturated carbocycles. The largest absolute Gasteiger partial charge is 0.309 e. The maximum Gasteiger partial charge on any atom is 0.0963 e. The molecule has 0 spiro atoms. The summed E-state index contributed by atoms with van der Waals surface area (Å²) in [4.78, 5) is 4.90. The number of pyridine rings is 1. The van der Waals surface area contributed by atoms with Crippen LogP contribution < -0.4 is 0 Å². The lowest BCUT2D eigenvalue weighted by atomic mass is 10.0. The Morgan fingerprint density at radius 2 is 0.860 bits per heavy atom. The van der Waals surface area contributed by atoms with E-state index in [1.165, 1.54) is 55.2 Å². The Morgan fingerprint density at radius 3 is 1.68 bits per heavy atom. The van der Waals surface area contributed by atoms with E-state index in [4.69, 9.17) is 4.98 Å². The fourth-order valence-corrected chi connectivity index (χ4v) is 7.61. The Bertz CT molecular complexity index is 2840. The number of hydrogen-bond acceptors (Lipinski definition) is 1. The zero-order valence-electron chi connectivity index (χ0n) is 27.2. The van der Waals surface area contributed by atoms with Crippen LogP contribution in [0.5, 0.6) is 0 Å². The predicted octanol–water partition coefficient (Wildman–Crippen LogP) is 12.3. The summed E-state index contributed by atoms with van der Waals surface area (Å²) in [5.41, 5.74) is 15.1. The van der Waals surface area contributed by atoms with Crippen LogP contribution in [0.15, 0.2) is 188 Å². The van der Waals surface area contributed by atoms with Crippen LogP contribution in [-0.2, 0) is 0 Å². The van der Waals surface area contributed by atoms with Crippen LogP contribution in [0.2, 0.25) is 0 Å². The van der Waals surface area contributed by atoms with Gasteiger partial charge >= 0.3 is 0 Å². The van der Waals surface area contributed by atoms with E-state index in [-0.39, 0.29) is 0 Å². The Labute approximate surface area is 290 Å². The lowest BCUT2D eigenvalue weighted by Gasteiger charge is -2.11. The fraction of sp³-hybridized carbons (Fsp3) is 0. The van der Waals surface area contributed by atoms with Gasteiger partial charge in [-0.15, -0.1) is 0 Å². The van der Waals surface area contributed by atoms with Crippen molar-refractivity contribution in [3.8, 4) is 44.8 Å². The van der Waals surface area contributed by atoms with E-state index in [0.29, 0.717) is 0 Å². The Hall–Kier alpha value is -6.71. The highest BCUT2D eigenvalue weighted by Crippen LogP contribution is 2.38. The number of fused-ring (bicyclic) bond motifs is 6. The van der Waals surface area contributed by atoms with Crippen LogP contribution in [0.25, 0.3) is 88.5 Å². The summed E-state index contributed by atoms with van der Waals surface area (Å²) in [6.45, 7) is 0. The van der Waals surface area contributed by atoms with Gasteiger partial charge in [-0.1, -0.05) is 121 Å². The molecule has 50 heavy (non-hydrogen) atoms. The molecule has 0 amide bonds. The van der Waals surface area contributed by atoms with E-state index in [1.807, 2.05) is 12.3 Å². The molecule has 0 fully saturated rings. The van der Waals surface area contributed by atoms with Gasteiger partial charge in [0.15, 0.2) is 0 Å². The van der Waals surface area contributed by atoms with Crippen LogP contribution in [0, 0.1) is 0 Å². The highest BCUT2D eigenvalue weighted by Gasteiger charge is 2.17. The minimum absolute atomic E-state index is 1.00. The summed E-state index contributed by atoms with van der Waals surface area (Å²) in [5.74, 6) is 0. The number of benzene rings is 7. The van der Waals surface area contributed by atoms with E-state index in [1.54, 1.807) is 0 Å². The van der Waals surface area contributed by atoms with Crippen molar-refractivity contribution in [3.63, 3.8) is 0 Å². The van der Waals surface area contributed by atoms with Gasteiger partial charge in [-0.2, -0.15) is 0 Å². The molecule has 234 valence electrons. The summed E-state index contributed by atoms with van der Waals surface area (Å²) < 4.78 is 4.74. The van der Waals surface area contributed by atoms with Crippen molar-refractivity contribution < 1.29 is 0 Å². The van der Waals surface area contributed by atoms with Crippen molar-refractivity contribution in [2.45, 2.75) is 0 Å². The zero-order chi connectivity index (χ0) is 33.0. The van der Waals surface area contributed by atoms with Crippen molar-refractivity contribution in [1.82, 2.24) is 14.1 Å². The van der Waals surface area contributed by atoms with E-state index in [9.17, 15) is 0 Å². The molecule has 3 heterocycles. The molecule has 0 aliphatic heterocycles. The Balaban J connectivity index is 1.12. The summed E-state index contributed by atoms with van der Waals surface area (Å²) in [6.07, 6.45) is 1.89. The molecule has 0 aliphatic rings. The van der Waals surface area contributed by atoms with Crippen molar-refractivity contribution in [2.75, 3.05) is 0 Å². The molecule has 0 radical (unpaired) electrons. The molecule has 7 aromatic carbocycles. The standard InChI is InChI=1S/C47H31N3/c1-3-11-32(12-4-1)34-20-24-38(25-21-34)49-44-27-23-36(30-42(44)47-45(49)19-10-28-48-47)37-22-26-41-40-17-7-8-18-43(40)50(46(41)31-37)39-16-9-15-35(29-39)33-13-5-2-6-14-33/h1-31H. The molecular weight excluding hydrogens is 607 g/mol. The fourth-order valence-electron chi connectivity index (χ4n) is 7.61. The SMILES string of the molecule is c1ccc(-c2ccc(-n3c4ccc(-c5ccc6c7ccccc7n(-c7cccc(-c8ccccc8)c7)c6c5)cc4c4ncccc43)cc2)cc1. The summed E-state index contributed by atoms with van der Waals surface area (Å²) >= 11 is 0. The average Bonchev–Trinajstić information content (AvgIpc) is 3.71. The highest BCUT2D eigenvalue weighted by atomic mass is 15.0. The Morgan fingerprint density at radius 1 is 0.300 bits per heavy atom. The molecule has 0 N–H and O–H groups in total. The maximum absolute atomic E-state index is 4.90. The molecular formula is C47H31N3. The third-order valence-electron chi connectivity index (χ3n) is 9.97. The van der Waals surface area contributed by atoms with Crippen LogP contribution in [0.1, 0.15) is 0 Å². The second kappa shape index (κ2) is 11.5. The van der Waals surface area contributed by atoms with Gasteiger partial charge in [0.05, 0.1) is 27.6 Å². The van der Waals surface area contributed by atoms with E-state index < -0.39 is 0 Å². The second-order valence-electron chi connectivity index (χ2n) is 12.9. The van der Waals surface area contributed by atoms with Crippen molar-refractivity contribution in [3.05, 3.63) is 188 Å². The first-order valence-electron chi connectivity index (χ1n) is 17.0. The molecule has 0 bridgehead atoms. The number of para-hydroxylation sites is 1. The van der Waals surface area contributed by atoms with Crippen molar-refractivity contribution in [2.24, 2.45) is 0 Å². The molecule has 0 aliphatic carbocycles. The van der Waals surface area contributed by atoms with Gasteiger partial charge in [-0.3, -0.25) is 4.98 Å².